The molecule has 1 heterocycles. The standard InChI is InChI=1S/C5H9NO.C2H6.CH5N/c7-5-6-3-1-2-4-6;2*1-2/h5H,1-4H2;1-2H3;2H2,1H3. The fraction of sp³-hybridized carbons (Fsp3) is 0.875. The lowest BCUT2D eigenvalue weighted by Crippen LogP contribution is -2.15. The van der Waals surface area contributed by atoms with Gasteiger partial charge in [-0.25, -0.2) is 0 Å². The number of nitrogens with zero attached hydrogens (tertiary/aromatic N) is 1. The van der Waals surface area contributed by atoms with Gasteiger partial charge in [-0.05, 0) is 19.9 Å². The van der Waals surface area contributed by atoms with Gasteiger partial charge in [-0.3, -0.25) is 4.79 Å². The van der Waals surface area contributed by atoms with Crippen LogP contribution in [-0.2, 0) is 4.79 Å². The summed E-state index contributed by atoms with van der Waals surface area (Å²) in [5.41, 5.74) is 4.50. The molecule has 1 fully saturated rings. The topological polar surface area (TPSA) is 46.3 Å². The van der Waals surface area contributed by atoms with Crippen LogP contribution in [0.25, 0.3) is 0 Å². The van der Waals surface area contributed by atoms with Gasteiger partial charge < -0.3 is 10.6 Å². The highest BCUT2D eigenvalue weighted by Gasteiger charge is 2.06. The lowest BCUT2D eigenvalue weighted by molar-refractivity contribution is -0.117. The molecule has 0 unspecified atom stereocenters. The lowest BCUT2D eigenvalue weighted by Gasteiger charge is -2.03. The summed E-state index contributed by atoms with van der Waals surface area (Å²) in [5.74, 6) is 0. The van der Waals surface area contributed by atoms with Crippen LogP contribution in [0, 0.1) is 0 Å². The molecular weight excluding hydrogens is 140 g/mol. The quantitative estimate of drug-likeness (QED) is 0.578. The van der Waals surface area contributed by atoms with Gasteiger partial charge in [0.15, 0.2) is 0 Å². The van der Waals surface area contributed by atoms with E-state index in [4.69, 9.17) is 0 Å². The number of hydrogen-bond donors (Lipinski definition) is 1. The number of likely N-dealkylation sites (tertiary alicyclic amines) is 1. The number of carbonyl (C=O) groups excluding carboxylic acids is 1. The van der Waals surface area contributed by atoms with Crippen LogP contribution >= 0.6 is 0 Å². The molecule has 1 aliphatic heterocycles. The van der Waals surface area contributed by atoms with Gasteiger partial charge in [-0.1, -0.05) is 13.8 Å². The predicted molar refractivity (Wildman–Crippen MR) is 48.3 cm³/mol. The molecule has 0 atom stereocenters. The average molecular weight is 160 g/mol. The van der Waals surface area contributed by atoms with Gasteiger partial charge in [0, 0.05) is 13.1 Å². The molecule has 0 aromatic heterocycles. The van der Waals surface area contributed by atoms with Crippen molar-refractivity contribution in [2.75, 3.05) is 20.1 Å². The van der Waals surface area contributed by atoms with Crippen molar-refractivity contribution in [1.29, 1.82) is 0 Å². The van der Waals surface area contributed by atoms with E-state index in [1.165, 1.54) is 19.9 Å². The molecule has 0 radical (unpaired) electrons. The summed E-state index contributed by atoms with van der Waals surface area (Å²) in [6.07, 6.45) is 3.31. The summed E-state index contributed by atoms with van der Waals surface area (Å²) in [5, 5.41) is 0. The zero-order valence-corrected chi connectivity index (χ0v) is 7.84. The van der Waals surface area contributed by atoms with Crippen molar-refractivity contribution in [3.05, 3.63) is 0 Å². The van der Waals surface area contributed by atoms with Crippen molar-refractivity contribution in [2.24, 2.45) is 5.73 Å². The smallest absolute Gasteiger partial charge is 0.209 e. The third-order valence-corrected chi connectivity index (χ3v) is 1.29. The first kappa shape index (κ1) is 13.1. The average Bonchev–Trinajstić information content (AvgIpc) is 2.63. The van der Waals surface area contributed by atoms with E-state index in [0.29, 0.717) is 0 Å². The Kier molecular flexibility index (Phi) is 14.4. The first-order valence-electron chi connectivity index (χ1n) is 4.20. The second kappa shape index (κ2) is 12.1. The molecule has 0 aliphatic carbocycles. The molecule has 0 aromatic rings. The number of amides is 1. The van der Waals surface area contributed by atoms with Gasteiger partial charge in [-0.2, -0.15) is 0 Å². The van der Waals surface area contributed by atoms with E-state index in [0.717, 1.165) is 19.5 Å². The molecule has 0 spiro atoms. The fourth-order valence-electron chi connectivity index (χ4n) is 0.847. The van der Waals surface area contributed by atoms with Crippen molar-refractivity contribution in [2.45, 2.75) is 26.7 Å². The van der Waals surface area contributed by atoms with E-state index in [2.05, 4.69) is 5.73 Å². The first-order valence-corrected chi connectivity index (χ1v) is 4.20. The van der Waals surface area contributed by atoms with Gasteiger partial charge in [0.2, 0.25) is 6.41 Å². The monoisotopic (exact) mass is 160 g/mol. The Bertz CT molecular complexity index is 70.5. The Balaban J connectivity index is 0. The Morgan fingerprint density at radius 1 is 1.18 bits per heavy atom. The minimum Gasteiger partial charge on any atom is -0.345 e. The maximum Gasteiger partial charge on any atom is 0.209 e. The summed E-state index contributed by atoms with van der Waals surface area (Å²) in [6, 6.07) is 0. The van der Waals surface area contributed by atoms with E-state index >= 15 is 0 Å². The van der Waals surface area contributed by atoms with Crippen LogP contribution < -0.4 is 5.73 Å². The Morgan fingerprint density at radius 2 is 1.55 bits per heavy atom. The first-order chi connectivity index (χ1) is 5.43. The number of hydrogen-bond acceptors (Lipinski definition) is 2. The number of rotatable bonds is 1. The molecule has 68 valence electrons. The lowest BCUT2D eigenvalue weighted by atomic mass is 10.4. The highest BCUT2D eigenvalue weighted by molar-refractivity contribution is 5.47. The van der Waals surface area contributed by atoms with E-state index < -0.39 is 0 Å². The van der Waals surface area contributed by atoms with Crippen molar-refractivity contribution in [3.63, 3.8) is 0 Å². The zero-order chi connectivity index (χ0) is 9.11. The number of carbonyl (C=O) groups is 1. The summed E-state index contributed by atoms with van der Waals surface area (Å²) in [4.78, 5) is 11.7. The van der Waals surface area contributed by atoms with Crippen LogP contribution in [0.2, 0.25) is 0 Å². The van der Waals surface area contributed by atoms with Crippen LogP contribution in [0.15, 0.2) is 0 Å². The normalized spacial score (nSPS) is 14.0. The molecule has 0 aromatic carbocycles. The van der Waals surface area contributed by atoms with Gasteiger partial charge in [0.05, 0.1) is 0 Å². The van der Waals surface area contributed by atoms with Crippen molar-refractivity contribution in [1.82, 2.24) is 4.90 Å². The van der Waals surface area contributed by atoms with Crippen molar-refractivity contribution >= 4 is 6.41 Å². The minimum absolute atomic E-state index is 0.924. The predicted octanol–water partition coefficient (Wildman–Crippen LogP) is 0.840. The van der Waals surface area contributed by atoms with Gasteiger partial charge in [0.25, 0.3) is 0 Å². The van der Waals surface area contributed by atoms with Gasteiger partial charge in [0.1, 0.15) is 0 Å². The SMILES string of the molecule is CC.CN.O=CN1CCCC1. The molecule has 11 heavy (non-hydrogen) atoms. The van der Waals surface area contributed by atoms with E-state index in [9.17, 15) is 4.79 Å². The molecule has 0 saturated carbocycles. The van der Waals surface area contributed by atoms with Crippen LogP contribution in [0.4, 0.5) is 0 Å². The van der Waals surface area contributed by atoms with E-state index in [-0.39, 0.29) is 0 Å². The van der Waals surface area contributed by atoms with Crippen molar-refractivity contribution in [3.8, 4) is 0 Å². The second-order valence-electron chi connectivity index (χ2n) is 1.85. The molecule has 1 saturated heterocycles. The van der Waals surface area contributed by atoms with Crippen molar-refractivity contribution < 1.29 is 4.79 Å². The Morgan fingerprint density at radius 3 is 1.73 bits per heavy atom. The molecule has 1 aliphatic rings. The molecular formula is C8H20N2O. The van der Waals surface area contributed by atoms with E-state index in [1.54, 1.807) is 4.90 Å². The third kappa shape index (κ3) is 7.33. The summed E-state index contributed by atoms with van der Waals surface area (Å²) < 4.78 is 0. The Hall–Kier alpha value is -0.570. The maximum atomic E-state index is 9.93. The second-order valence-corrected chi connectivity index (χ2v) is 1.85. The van der Waals surface area contributed by atoms with Gasteiger partial charge in [-0.15, -0.1) is 0 Å². The fourth-order valence-corrected chi connectivity index (χ4v) is 0.847. The van der Waals surface area contributed by atoms with Crippen LogP contribution in [0.3, 0.4) is 0 Å². The van der Waals surface area contributed by atoms with Gasteiger partial charge >= 0.3 is 0 Å². The zero-order valence-electron chi connectivity index (χ0n) is 7.84. The highest BCUT2D eigenvalue weighted by atomic mass is 16.1. The molecule has 1 rings (SSSR count). The van der Waals surface area contributed by atoms with E-state index in [1.807, 2.05) is 13.8 Å². The summed E-state index contributed by atoms with van der Waals surface area (Å²) >= 11 is 0. The third-order valence-electron chi connectivity index (χ3n) is 1.29. The molecule has 2 N–H and O–H groups in total. The highest BCUT2D eigenvalue weighted by Crippen LogP contribution is 2.02. The molecule has 3 nitrogen and oxygen atoms in total. The number of nitrogens with two attached hydrogens (primary N) is 1. The largest absolute Gasteiger partial charge is 0.345 e. The summed E-state index contributed by atoms with van der Waals surface area (Å²) in [7, 11) is 1.50. The molecule has 3 heteroatoms. The minimum atomic E-state index is 0.924. The Labute approximate surface area is 69.6 Å². The van der Waals surface area contributed by atoms with Crippen LogP contribution in [0.1, 0.15) is 26.7 Å². The summed E-state index contributed by atoms with van der Waals surface area (Å²) in [6.45, 7) is 5.95. The maximum absolute atomic E-state index is 9.93. The molecule has 0 bridgehead atoms. The molecule has 1 amide bonds. The van der Waals surface area contributed by atoms with Crippen LogP contribution in [0.5, 0.6) is 0 Å². The van der Waals surface area contributed by atoms with Crippen LogP contribution in [-0.4, -0.2) is 31.4 Å².